The number of carbonyl (C=O) groups is 1. The molecule has 2 atom stereocenters. The number of carbonyl (C=O) groups excluding carboxylic acids is 1. The molecular formula is C22H31N2O2+. The predicted octanol–water partition coefficient (Wildman–Crippen LogP) is 3.55. The molecule has 2 aromatic carbocycles. The minimum atomic E-state index is -0.203. The third-order valence-corrected chi connectivity index (χ3v) is 4.51. The minimum Gasteiger partial charge on any atom is -0.495 e. The van der Waals surface area contributed by atoms with Gasteiger partial charge >= 0.3 is 0 Å². The number of quaternary nitrogens is 1. The van der Waals surface area contributed by atoms with E-state index in [0.29, 0.717) is 17.4 Å². The Bertz CT molecular complexity index is 710. The van der Waals surface area contributed by atoms with Crippen LogP contribution < -0.4 is 15.4 Å². The zero-order valence-corrected chi connectivity index (χ0v) is 16.5. The molecule has 0 heterocycles. The molecule has 4 heteroatoms. The number of para-hydroxylation sites is 2. The third kappa shape index (κ3) is 5.60. The molecule has 0 saturated carbocycles. The lowest BCUT2D eigenvalue weighted by Gasteiger charge is -2.18. The van der Waals surface area contributed by atoms with Crippen molar-refractivity contribution in [3.05, 3.63) is 59.7 Å². The molecule has 2 rings (SSSR count). The van der Waals surface area contributed by atoms with Crippen LogP contribution in [0.5, 0.6) is 5.75 Å². The van der Waals surface area contributed by atoms with E-state index in [1.807, 2.05) is 31.2 Å². The first-order valence-corrected chi connectivity index (χ1v) is 9.28. The lowest BCUT2D eigenvalue weighted by atomic mass is 9.99. The topological polar surface area (TPSA) is 54.9 Å². The molecule has 0 spiro atoms. The highest BCUT2D eigenvalue weighted by atomic mass is 16.5. The normalized spacial score (nSPS) is 13.3. The van der Waals surface area contributed by atoms with E-state index in [4.69, 9.17) is 4.74 Å². The molecule has 1 amide bonds. The summed E-state index contributed by atoms with van der Waals surface area (Å²) < 4.78 is 5.29. The van der Waals surface area contributed by atoms with Crippen LogP contribution in [0.25, 0.3) is 0 Å². The van der Waals surface area contributed by atoms with Gasteiger partial charge in [0.1, 0.15) is 11.8 Å². The average molecular weight is 356 g/mol. The number of benzene rings is 2. The number of hydrogen-bond donors (Lipinski definition) is 2. The lowest BCUT2D eigenvalue weighted by Crippen LogP contribution is -2.91. The van der Waals surface area contributed by atoms with Crippen molar-refractivity contribution in [1.82, 2.24) is 0 Å². The van der Waals surface area contributed by atoms with Gasteiger partial charge in [-0.15, -0.1) is 0 Å². The first kappa shape index (κ1) is 20.0. The maximum absolute atomic E-state index is 12.5. The number of nitrogens with one attached hydrogen (secondary N) is 1. The quantitative estimate of drug-likeness (QED) is 0.761. The summed E-state index contributed by atoms with van der Waals surface area (Å²) in [6, 6.07) is 16.2. The van der Waals surface area contributed by atoms with Crippen LogP contribution in [0.15, 0.2) is 48.5 Å². The fraction of sp³-hybridized carbons (Fsp3) is 0.409. The fourth-order valence-electron chi connectivity index (χ4n) is 3.05. The highest BCUT2D eigenvalue weighted by Crippen LogP contribution is 2.23. The summed E-state index contributed by atoms with van der Waals surface area (Å²) in [6.45, 7) is 8.51. The molecule has 0 aliphatic heterocycles. The van der Waals surface area contributed by atoms with Crippen LogP contribution >= 0.6 is 0 Å². The van der Waals surface area contributed by atoms with Crippen molar-refractivity contribution in [2.24, 2.45) is 5.92 Å². The standard InChI is InChI=1S/C22H30N2O2/c1-15(2)14-18-10-12-19(13-11-18)16(3)23-17(4)22(25)24-20-8-6-7-9-21(20)26-5/h6-13,15-17,23H,14H2,1-5H3,(H,24,25)/p+1/t16-,17-/m0/s1. The zero-order chi connectivity index (χ0) is 19.1. The molecule has 26 heavy (non-hydrogen) atoms. The molecule has 3 N–H and O–H groups in total. The van der Waals surface area contributed by atoms with Gasteiger partial charge in [0.2, 0.25) is 0 Å². The van der Waals surface area contributed by atoms with E-state index in [1.54, 1.807) is 7.11 Å². The van der Waals surface area contributed by atoms with Crippen molar-refractivity contribution >= 4 is 11.6 Å². The molecular weight excluding hydrogens is 324 g/mol. The maximum Gasteiger partial charge on any atom is 0.282 e. The number of ether oxygens (including phenoxy) is 1. The molecule has 140 valence electrons. The van der Waals surface area contributed by atoms with Gasteiger partial charge in [-0.2, -0.15) is 0 Å². The van der Waals surface area contributed by atoms with Gasteiger partial charge < -0.3 is 15.4 Å². The van der Waals surface area contributed by atoms with E-state index in [9.17, 15) is 4.79 Å². The van der Waals surface area contributed by atoms with Crippen molar-refractivity contribution in [1.29, 1.82) is 0 Å². The Kier molecular flexibility index (Phi) is 7.22. The lowest BCUT2D eigenvalue weighted by molar-refractivity contribution is -0.709. The number of methoxy groups -OCH3 is 1. The number of amides is 1. The summed E-state index contributed by atoms with van der Waals surface area (Å²) in [5.41, 5.74) is 3.29. The molecule has 2 aromatic rings. The second-order valence-electron chi connectivity index (χ2n) is 7.30. The highest BCUT2D eigenvalue weighted by Gasteiger charge is 2.21. The van der Waals surface area contributed by atoms with Gasteiger partial charge in [0.05, 0.1) is 12.8 Å². The molecule has 0 aromatic heterocycles. The molecule has 0 bridgehead atoms. The van der Waals surface area contributed by atoms with E-state index in [0.717, 1.165) is 6.42 Å². The Labute approximate surface area is 157 Å². The van der Waals surface area contributed by atoms with Crippen LogP contribution in [0, 0.1) is 5.92 Å². The van der Waals surface area contributed by atoms with Gasteiger partial charge in [0, 0.05) is 5.56 Å². The highest BCUT2D eigenvalue weighted by molar-refractivity contribution is 5.94. The van der Waals surface area contributed by atoms with E-state index in [1.165, 1.54) is 11.1 Å². The molecule has 0 radical (unpaired) electrons. The first-order chi connectivity index (χ1) is 12.4. The first-order valence-electron chi connectivity index (χ1n) is 9.28. The van der Waals surface area contributed by atoms with Gasteiger partial charge in [-0.25, -0.2) is 0 Å². The summed E-state index contributed by atoms with van der Waals surface area (Å²) in [5, 5.41) is 5.04. The summed E-state index contributed by atoms with van der Waals surface area (Å²) in [7, 11) is 1.60. The summed E-state index contributed by atoms with van der Waals surface area (Å²) >= 11 is 0. The Morgan fingerprint density at radius 2 is 1.69 bits per heavy atom. The predicted molar refractivity (Wildman–Crippen MR) is 106 cm³/mol. The van der Waals surface area contributed by atoms with Crippen molar-refractivity contribution < 1.29 is 14.8 Å². The Hall–Kier alpha value is -2.33. The molecule has 0 aliphatic rings. The number of rotatable bonds is 8. The fourth-order valence-corrected chi connectivity index (χ4v) is 3.05. The van der Waals surface area contributed by atoms with Gasteiger partial charge in [-0.1, -0.05) is 50.2 Å². The van der Waals surface area contributed by atoms with Crippen molar-refractivity contribution in [3.63, 3.8) is 0 Å². The van der Waals surface area contributed by atoms with Crippen LogP contribution in [0.1, 0.15) is 44.9 Å². The molecule has 0 unspecified atom stereocenters. The largest absolute Gasteiger partial charge is 0.495 e. The Morgan fingerprint density at radius 3 is 2.31 bits per heavy atom. The summed E-state index contributed by atoms with van der Waals surface area (Å²) in [5.74, 6) is 1.29. The van der Waals surface area contributed by atoms with Crippen LogP contribution in [-0.2, 0) is 11.2 Å². The second-order valence-corrected chi connectivity index (χ2v) is 7.30. The zero-order valence-electron chi connectivity index (χ0n) is 16.5. The van der Waals surface area contributed by atoms with Crippen molar-refractivity contribution in [2.75, 3.05) is 12.4 Å². The van der Waals surface area contributed by atoms with E-state index in [-0.39, 0.29) is 18.0 Å². The van der Waals surface area contributed by atoms with Crippen LogP contribution in [0.3, 0.4) is 0 Å². The summed E-state index contributed by atoms with van der Waals surface area (Å²) in [6.07, 6.45) is 1.09. The molecule has 0 saturated heterocycles. The second kappa shape index (κ2) is 9.39. The van der Waals surface area contributed by atoms with E-state index >= 15 is 0 Å². The maximum atomic E-state index is 12.5. The van der Waals surface area contributed by atoms with Crippen molar-refractivity contribution in [2.45, 2.75) is 46.2 Å². The Balaban J connectivity index is 1.95. The van der Waals surface area contributed by atoms with Gasteiger partial charge in [-0.05, 0) is 43.9 Å². The minimum absolute atomic E-state index is 0.0298. The Morgan fingerprint density at radius 1 is 1.04 bits per heavy atom. The smallest absolute Gasteiger partial charge is 0.282 e. The van der Waals surface area contributed by atoms with Crippen LogP contribution in [0.4, 0.5) is 5.69 Å². The molecule has 0 aliphatic carbocycles. The molecule has 0 fully saturated rings. The number of anilines is 1. The third-order valence-electron chi connectivity index (χ3n) is 4.51. The SMILES string of the molecule is COc1ccccc1NC(=O)[C@H](C)[NH2+][C@@H](C)c1ccc(CC(C)C)cc1. The van der Waals surface area contributed by atoms with Gasteiger partial charge in [0.25, 0.3) is 5.91 Å². The van der Waals surface area contributed by atoms with Crippen molar-refractivity contribution in [3.8, 4) is 5.75 Å². The number of nitrogens with two attached hydrogens (primary N) is 1. The average Bonchev–Trinajstić information content (AvgIpc) is 2.62. The van der Waals surface area contributed by atoms with E-state index in [2.05, 4.69) is 55.7 Å². The van der Waals surface area contributed by atoms with Gasteiger partial charge in [-0.3, -0.25) is 4.79 Å². The van der Waals surface area contributed by atoms with Crippen LogP contribution in [-0.4, -0.2) is 19.1 Å². The molecule has 4 nitrogen and oxygen atoms in total. The van der Waals surface area contributed by atoms with Gasteiger partial charge in [0.15, 0.2) is 6.04 Å². The van der Waals surface area contributed by atoms with Crippen LogP contribution in [0.2, 0.25) is 0 Å². The monoisotopic (exact) mass is 355 g/mol. The number of hydrogen-bond acceptors (Lipinski definition) is 2. The van der Waals surface area contributed by atoms with E-state index < -0.39 is 0 Å². The summed E-state index contributed by atoms with van der Waals surface area (Å²) in [4.78, 5) is 12.5.